The number of amides is 1. The molecule has 1 amide bonds. The van der Waals surface area contributed by atoms with Crippen LogP contribution in [0.3, 0.4) is 0 Å². The Hall–Kier alpha value is -2.05. The first-order chi connectivity index (χ1) is 14.5. The van der Waals surface area contributed by atoms with Crippen molar-refractivity contribution in [2.75, 3.05) is 44.3 Å². The van der Waals surface area contributed by atoms with Crippen LogP contribution in [0, 0.1) is 5.82 Å². The lowest BCUT2D eigenvalue weighted by atomic mass is 10.3. The molecule has 0 spiro atoms. The van der Waals surface area contributed by atoms with E-state index < -0.39 is 31.6 Å². The average Bonchev–Trinajstić information content (AvgIpc) is 2.69. The lowest BCUT2D eigenvalue weighted by molar-refractivity contribution is -0.117. The predicted octanol–water partition coefficient (Wildman–Crippen LogP) is 1.83. The molecule has 1 aliphatic rings. The summed E-state index contributed by atoms with van der Waals surface area (Å²) >= 11 is 6.05. The monoisotopic (exact) mass is 489 g/mol. The van der Waals surface area contributed by atoms with Crippen molar-refractivity contribution in [3.8, 4) is 0 Å². The van der Waals surface area contributed by atoms with Gasteiger partial charge in [0, 0.05) is 32.4 Å². The summed E-state index contributed by atoms with van der Waals surface area (Å²) < 4.78 is 63.3. The van der Waals surface area contributed by atoms with Gasteiger partial charge in [-0.1, -0.05) is 17.7 Å². The summed E-state index contributed by atoms with van der Waals surface area (Å²) in [5.74, 6) is -1.04. The van der Waals surface area contributed by atoms with Gasteiger partial charge in [0.1, 0.15) is 5.82 Å². The van der Waals surface area contributed by atoms with E-state index in [4.69, 9.17) is 11.6 Å². The molecule has 0 atom stereocenters. The molecule has 2 aromatic carbocycles. The van der Waals surface area contributed by atoms with Gasteiger partial charge in [-0.15, -0.1) is 0 Å². The highest BCUT2D eigenvalue weighted by Crippen LogP contribution is 2.25. The van der Waals surface area contributed by atoms with E-state index in [0.717, 1.165) is 12.3 Å². The number of hydrogen-bond acceptors (Lipinski definition) is 6. The normalized spacial score (nSPS) is 16.2. The van der Waals surface area contributed by atoms with Crippen molar-refractivity contribution in [3.05, 3.63) is 53.3 Å². The van der Waals surface area contributed by atoms with Crippen molar-refractivity contribution in [3.63, 3.8) is 0 Å². The van der Waals surface area contributed by atoms with E-state index in [1.807, 2.05) is 0 Å². The SMILES string of the molecule is CS(=O)(=O)c1ccc(Cl)c(NC(=O)CN2CCN(S(=O)(=O)c3cccc(F)c3)CC2)c1. The van der Waals surface area contributed by atoms with Crippen LogP contribution < -0.4 is 5.32 Å². The number of hydrogen-bond donors (Lipinski definition) is 1. The van der Waals surface area contributed by atoms with Gasteiger partial charge in [-0.2, -0.15) is 4.31 Å². The van der Waals surface area contributed by atoms with Crippen LogP contribution in [0.4, 0.5) is 10.1 Å². The average molecular weight is 490 g/mol. The van der Waals surface area contributed by atoms with Crippen molar-refractivity contribution >= 4 is 43.1 Å². The molecule has 0 aliphatic carbocycles. The second kappa shape index (κ2) is 9.21. The fourth-order valence-corrected chi connectivity index (χ4v) is 5.39. The molecule has 0 saturated carbocycles. The van der Waals surface area contributed by atoms with Gasteiger partial charge >= 0.3 is 0 Å². The van der Waals surface area contributed by atoms with Gasteiger partial charge in [0.25, 0.3) is 0 Å². The molecule has 8 nitrogen and oxygen atoms in total. The minimum Gasteiger partial charge on any atom is -0.324 e. The molecule has 168 valence electrons. The second-order valence-corrected chi connectivity index (χ2v) is 11.5. The summed E-state index contributed by atoms with van der Waals surface area (Å²) in [7, 11) is -7.27. The Bertz CT molecular complexity index is 1200. The Labute approximate surface area is 185 Å². The highest BCUT2D eigenvalue weighted by atomic mass is 35.5. The third kappa shape index (κ3) is 5.80. The van der Waals surface area contributed by atoms with E-state index in [-0.39, 0.29) is 40.1 Å². The van der Waals surface area contributed by atoms with Gasteiger partial charge in [0.05, 0.1) is 27.0 Å². The molecular weight excluding hydrogens is 469 g/mol. The first kappa shape index (κ1) is 23.6. The lowest BCUT2D eigenvalue weighted by Gasteiger charge is -2.33. The molecule has 1 heterocycles. The number of sulfone groups is 1. The molecular formula is C19H21ClFN3O5S2. The molecule has 0 aromatic heterocycles. The summed E-state index contributed by atoms with van der Waals surface area (Å²) in [4.78, 5) is 14.1. The Balaban J connectivity index is 1.60. The largest absolute Gasteiger partial charge is 0.324 e. The van der Waals surface area contributed by atoms with Crippen LogP contribution in [0.25, 0.3) is 0 Å². The number of piperazine rings is 1. The Morgan fingerprint density at radius 1 is 1.03 bits per heavy atom. The van der Waals surface area contributed by atoms with Crippen LogP contribution in [0.15, 0.2) is 52.3 Å². The number of sulfonamides is 1. The van der Waals surface area contributed by atoms with Gasteiger partial charge in [-0.25, -0.2) is 21.2 Å². The third-order valence-corrected chi connectivity index (χ3v) is 8.11. The van der Waals surface area contributed by atoms with Crippen LogP contribution in [-0.4, -0.2) is 70.9 Å². The summed E-state index contributed by atoms with van der Waals surface area (Å²) in [5, 5.41) is 2.79. The molecule has 3 rings (SSSR count). The fourth-order valence-electron chi connectivity index (χ4n) is 3.13. The van der Waals surface area contributed by atoms with Crippen LogP contribution in [0.1, 0.15) is 0 Å². The maximum absolute atomic E-state index is 13.4. The van der Waals surface area contributed by atoms with Gasteiger partial charge in [-0.05, 0) is 36.4 Å². The molecule has 1 fully saturated rings. The van der Waals surface area contributed by atoms with Gasteiger partial charge in [0.2, 0.25) is 15.9 Å². The fraction of sp³-hybridized carbons (Fsp3) is 0.316. The summed E-state index contributed by atoms with van der Waals surface area (Å²) in [5.41, 5.74) is 0.182. The Kier molecular flexibility index (Phi) is 7.01. The highest BCUT2D eigenvalue weighted by molar-refractivity contribution is 7.90. The van der Waals surface area contributed by atoms with Crippen molar-refractivity contribution in [1.29, 1.82) is 0 Å². The first-order valence-electron chi connectivity index (χ1n) is 9.24. The zero-order valence-corrected chi connectivity index (χ0v) is 19.0. The van der Waals surface area contributed by atoms with Crippen LogP contribution in [0.5, 0.6) is 0 Å². The zero-order valence-electron chi connectivity index (χ0n) is 16.6. The number of halogens is 2. The van der Waals surface area contributed by atoms with Crippen molar-refractivity contribution < 1.29 is 26.0 Å². The van der Waals surface area contributed by atoms with Crippen LogP contribution in [-0.2, 0) is 24.7 Å². The number of nitrogens with one attached hydrogen (secondary N) is 1. The van der Waals surface area contributed by atoms with E-state index in [9.17, 15) is 26.0 Å². The topological polar surface area (TPSA) is 104 Å². The van der Waals surface area contributed by atoms with Crippen molar-refractivity contribution in [1.82, 2.24) is 9.21 Å². The van der Waals surface area contributed by atoms with Gasteiger partial charge in [0.15, 0.2) is 9.84 Å². The molecule has 31 heavy (non-hydrogen) atoms. The first-order valence-corrected chi connectivity index (χ1v) is 13.0. The van der Waals surface area contributed by atoms with Crippen LogP contribution in [0.2, 0.25) is 5.02 Å². The third-order valence-electron chi connectivity index (χ3n) is 4.77. The van der Waals surface area contributed by atoms with Crippen molar-refractivity contribution in [2.45, 2.75) is 9.79 Å². The second-order valence-electron chi connectivity index (χ2n) is 7.10. The van der Waals surface area contributed by atoms with Gasteiger partial charge in [-0.3, -0.25) is 9.69 Å². The number of anilines is 1. The Morgan fingerprint density at radius 2 is 1.71 bits per heavy atom. The number of rotatable bonds is 6. The highest BCUT2D eigenvalue weighted by Gasteiger charge is 2.29. The van der Waals surface area contributed by atoms with Crippen LogP contribution >= 0.6 is 11.6 Å². The molecule has 1 N–H and O–H groups in total. The summed E-state index contributed by atoms with van der Waals surface area (Å²) in [6.45, 7) is 0.887. The summed E-state index contributed by atoms with van der Waals surface area (Å²) in [6, 6.07) is 8.87. The minimum atomic E-state index is -3.82. The van der Waals surface area contributed by atoms with E-state index in [0.29, 0.717) is 13.1 Å². The van der Waals surface area contributed by atoms with E-state index in [2.05, 4.69) is 5.32 Å². The lowest BCUT2D eigenvalue weighted by Crippen LogP contribution is -2.50. The summed E-state index contributed by atoms with van der Waals surface area (Å²) in [6.07, 6.45) is 1.05. The smallest absolute Gasteiger partial charge is 0.243 e. The van der Waals surface area contributed by atoms with E-state index >= 15 is 0 Å². The molecule has 0 unspecified atom stereocenters. The van der Waals surface area contributed by atoms with E-state index in [1.54, 1.807) is 4.90 Å². The molecule has 1 aliphatic heterocycles. The maximum Gasteiger partial charge on any atom is 0.243 e. The molecule has 1 saturated heterocycles. The standard InChI is InChI=1S/C19H21ClFN3O5S2/c1-30(26,27)15-5-6-17(20)18(12-15)22-19(25)13-23-7-9-24(10-8-23)31(28,29)16-4-2-3-14(21)11-16/h2-6,11-12H,7-10,13H2,1H3,(H,22,25). The molecule has 12 heteroatoms. The molecule has 0 bridgehead atoms. The van der Waals surface area contributed by atoms with E-state index in [1.165, 1.54) is 40.7 Å². The zero-order chi connectivity index (χ0) is 22.8. The quantitative estimate of drug-likeness (QED) is 0.664. The maximum atomic E-state index is 13.4. The van der Waals surface area contributed by atoms with Crippen molar-refractivity contribution in [2.24, 2.45) is 0 Å². The Morgan fingerprint density at radius 3 is 2.32 bits per heavy atom. The number of carbonyl (C=O) groups is 1. The number of nitrogens with zero attached hydrogens (tertiary/aromatic N) is 2. The minimum absolute atomic E-state index is 0.0206. The number of benzene rings is 2. The molecule has 2 aromatic rings. The predicted molar refractivity (Wildman–Crippen MR) is 115 cm³/mol. The number of carbonyl (C=O) groups excluding carboxylic acids is 1. The molecule has 0 radical (unpaired) electrons. The van der Waals surface area contributed by atoms with Gasteiger partial charge < -0.3 is 5.32 Å².